The van der Waals surface area contributed by atoms with Crippen LogP contribution in [0.25, 0.3) is 17.2 Å². The van der Waals surface area contributed by atoms with Crippen LogP contribution < -0.4 is 5.32 Å². The summed E-state index contributed by atoms with van der Waals surface area (Å²) < 4.78 is 7.43. The second kappa shape index (κ2) is 8.35. The first-order chi connectivity index (χ1) is 14.1. The van der Waals surface area contributed by atoms with E-state index in [1.54, 1.807) is 0 Å². The number of hydrogen-bond donors (Lipinski definition) is 1. The molecule has 0 saturated heterocycles. The molecule has 1 N–H and O–H groups in total. The SMILES string of the molecule is CC(C)n1cc(C=CCNC(=O)OCC2c3ccccc3-c3ccccc32)cn1. The van der Waals surface area contributed by atoms with Crippen LogP contribution in [0.1, 0.15) is 42.5 Å². The molecule has 0 radical (unpaired) electrons. The predicted octanol–water partition coefficient (Wildman–Crippen LogP) is 5.02. The fourth-order valence-corrected chi connectivity index (χ4v) is 3.71. The first-order valence-electron chi connectivity index (χ1n) is 9.93. The molecule has 148 valence electrons. The van der Waals surface area contributed by atoms with Gasteiger partial charge in [0, 0.05) is 30.3 Å². The number of nitrogens with zero attached hydrogens (tertiary/aromatic N) is 2. The average Bonchev–Trinajstić information content (AvgIpc) is 3.33. The van der Waals surface area contributed by atoms with Gasteiger partial charge in [-0.1, -0.05) is 60.7 Å². The molecule has 1 aromatic heterocycles. The maximum Gasteiger partial charge on any atom is 0.407 e. The number of fused-ring (bicyclic) bond motifs is 3. The van der Waals surface area contributed by atoms with Gasteiger partial charge >= 0.3 is 6.09 Å². The minimum Gasteiger partial charge on any atom is -0.449 e. The highest BCUT2D eigenvalue weighted by molar-refractivity contribution is 5.79. The number of alkyl carbamates (subject to hydrolysis) is 1. The second-order valence-corrected chi connectivity index (χ2v) is 7.46. The van der Waals surface area contributed by atoms with Crippen LogP contribution in [0.3, 0.4) is 0 Å². The van der Waals surface area contributed by atoms with E-state index in [1.165, 1.54) is 22.3 Å². The Labute approximate surface area is 171 Å². The molecule has 0 aliphatic heterocycles. The third kappa shape index (κ3) is 4.09. The van der Waals surface area contributed by atoms with Gasteiger partial charge in [0.1, 0.15) is 6.61 Å². The summed E-state index contributed by atoms with van der Waals surface area (Å²) in [6.07, 6.45) is 7.21. The molecule has 0 bridgehead atoms. The summed E-state index contributed by atoms with van der Waals surface area (Å²) in [5, 5.41) is 7.07. The van der Waals surface area contributed by atoms with Crippen molar-refractivity contribution in [2.45, 2.75) is 25.8 Å². The van der Waals surface area contributed by atoms with Gasteiger partial charge in [0.15, 0.2) is 0 Å². The van der Waals surface area contributed by atoms with Gasteiger partial charge in [-0.2, -0.15) is 5.10 Å². The van der Waals surface area contributed by atoms with Crippen LogP contribution in [-0.4, -0.2) is 29.0 Å². The molecule has 4 rings (SSSR count). The van der Waals surface area contributed by atoms with Crippen molar-refractivity contribution >= 4 is 12.2 Å². The maximum atomic E-state index is 12.1. The van der Waals surface area contributed by atoms with Crippen LogP contribution in [0.5, 0.6) is 0 Å². The molecule has 3 aromatic rings. The third-order valence-electron chi connectivity index (χ3n) is 5.17. The maximum absolute atomic E-state index is 12.1. The highest BCUT2D eigenvalue weighted by atomic mass is 16.5. The molecule has 0 saturated carbocycles. The van der Waals surface area contributed by atoms with Crippen molar-refractivity contribution in [3.8, 4) is 11.1 Å². The number of benzene rings is 2. The smallest absolute Gasteiger partial charge is 0.407 e. The molecule has 0 fully saturated rings. The van der Waals surface area contributed by atoms with E-state index in [9.17, 15) is 4.79 Å². The Hall–Kier alpha value is -3.34. The second-order valence-electron chi connectivity index (χ2n) is 7.46. The van der Waals surface area contributed by atoms with Gasteiger partial charge in [0.25, 0.3) is 0 Å². The number of carbonyl (C=O) groups is 1. The Balaban J connectivity index is 1.31. The number of aromatic nitrogens is 2. The normalized spacial score (nSPS) is 12.9. The molecular formula is C24H25N3O2. The topological polar surface area (TPSA) is 56.2 Å². The van der Waals surface area contributed by atoms with Crippen molar-refractivity contribution in [2.24, 2.45) is 0 Å². The molecule has 1 aliphatic carbocycles. The summed E-state index contributed by atoms with van der Waals surface area (Å²) >= 11 is 0. The first-order valence-corrected chi connectivity index (χ1v) is 9.93. The molecule has 1 aliphatic rings. The van der Waals surface area contributed by atoms with Crippen molar-refractivity contribution in [2.75, 3.05) is 13.2 Å². The van der Waals surface area contributed by atoms with E-state index in [4.69, 9.17) is 4.74 Å². The van der Waals surface area contributed by atoms with Crippen LogP contribution >= 0.6 is 0 Å². The van der Waals surface area contributed by atoms with Crippen molar-refractivity contribution in [1.82, 2.24) is 15.1 Å². The molecule has 0 unspecified atom stereocenters. The van der Waals surface area contributed by atoms with Gasteiger partial charge in [0.05, 0.1) is 6.20 Å². The zero-order chi connectivity index (χ0) is 20.2. The van der Waals surface area contributed by atoms with Crippen LogP contribution in [0.15, 0.2) is 67.0 Å². The minimum absolute atomic E-state index is 0.0746. The van der Waals surface area contributed by atoms with Crippen LogP contribution in [0.4, 0.5) is 4.79 Å². The number of ether oxygens (including phenoxy) is 1. The highest BCUT2D eigenvalue weighted by Crippen LogP contribution is 2.44. The molecule has 0 atom stereocenters. The van der Waals surface area contributed by atoms with Gasteiger partial charge < -0.3 is 10.1 Å². The summed E-state index contributed by atoms with van der Waals surface area (Å²) in [5.41, 5.74) is 5.88. The van der Waals surface area contributed by atoms with Gasteiger partial charge in [0.2, 0.25) is 0 Å². The van der Waals surface area contributed by atoms with E-state index in [0.29, 0.717) is 19.2 Å². The van der Waals surface area contributed by atoms with Crippen molar-refractivity contribution in [3.63, 3.8) is 0 Å². The Kier molecular flexibility index (Phi) is 5.47. The fourth-order valence-electron chi connectivity index (χ4n) is 3.71. The van der Waals surface area contributed by atoms with Crippen molar-refractivity contribution in [3.05, 3.63) is 83.7 Å². The fraction of sp³-hybridized carbons (Fsp3) is 0.250. The lowest BCUT2D eigenvalue weighted by Gasteiger charge is -2.14. The molecule has 1 amide bonds. The Bertz CT molecular complexity index is 990. The monoisotopic (exact) mass is 387 g/mol. The predicted molar refractivity (Wildman–Crippen MR) is 115 cm³/mol. The summed E-state index contributed by atoms with van der Waals surface area (Å²) in [5.74, 6) is 0.0746. The lowest BCUT2D eigenvalue weighted by molar-refractivity contribution is 0.144. The number of amides is 1. The lowest BCUT2D eigenvalue weighted by atomic mass is 9.98. The van der Waals surface area contributed by atoms with E-state index in [1.807, 2.05) is 53.5 Å². The van der Waals surface area contributed by atoms with E-state index in [-0.39, 0.29) is 5.92 Å². The van der Waals surface area contributed by atoms with Gasteiger partial charge in [-0.15, -0.1) is 0 Å². The Morgan fingerprint density at radius 2 is 1.79 bits per heavy atom. The Morgan fingerprint density at radius 3 is 2.41 bits per heavy atom. The molecule has 1 heterocycles. The van der Waals surface area contributed by atoms with Crippen LogP contribution in [-0.2, 0) is 4.74 Å². The number of nitrogens with one attached hydrogen (secondary N) is 1. The first kappa shape index (κ1) is 19.0. The number of carbonyl (C=O) groups excluding carboxylic acids is 1. The zero-order valence-corrected chi connectivity index (χ0v) is 16.7. The molecule has 5 heteroatoms. The third-order valence-corrected chi connectivity index (χ3v) is 5.17. The standard InChI is InChI=1S/C24H25N3O2/c1-17(2)27-15-18(14-26-27)8-7-13-25-24(28)29-16-23-21-11-5-3-9-19(21)20-10-4-6-12-22(20)23/h3-12,14-15,17,23H,13,16H2,1-2H3,(H,25,28). The molecular weight excluding hydrogens is 362 g/mol. The summed E-state index contributed by atoms with van der Waals surface area (Å²) in [7, 11) is 0. The summed E-state index contributed by atoms with van der Waals surface area (Å²) in [6, 6.07) is 17.0. The largest absolute Gasteiger partial charge is 0.449 e. The lowest BCUT2D eigenvalue weighted by Crippen LogP contribution is -2.26. The number of hydrogen-bond acceptors (Lipinski definition) is 3. The quantitative estimate of drug-likeness (QED) is 0.646. The molecule has 29 heavy (non-hydrogen) atoms. The van der Waals surface area contributed by atoms with Gasteiger partial charge in [-0.25, -0.2) is 4.79 Å². The van der Waals surface area contributed by atoms with E-state index < -0.39 is 6.09 Å². The summed E-state index contributed by atoms with van der Waals surface area (Å²) in [6.45, 7) is 4.90. The minimum atomic E-state index is -0.408. The van der Waals surface area contributed by atoms with Gasteiger partial charge in [-0.05, 0) is 36.1 Å². The van der Waals surface area contributed by atoms with Crippen LogP contribution in [0.2, 0.25) is 0 Å². The molecule has 2 aromatic carbocycles. The summed E-state index contributed by atoms with van der Waals surface area (Å²) in [4.78, 5) is 12.1. The van der Waals surface area contributed by atoms with E-state index in [0.717, 1.165) is 5.56 Å². The Morgan fingerprint density at radius 1 is 1.14 bits per heavy atom. The van der Waals surface area contributed by atoms with E-state index in [2.05, 4.69) is 48.5 Å². The molecule has 0 spiro atoms. The zero-order valence-electron chi connectivity index (χ0n) is 16.7. The molecule has 5 nitrogen and oxygen atoms in total. The average molecular weight is 387 g/mol. The van der Waals surface area contributed by atoms with Crippen molar-refractivity contribution in [1.29, 1.82) is 0 Å². The van der Waals surface area contributed by atoms with Gasteiger partial charge in [-0.3, -0.25) is 4.68 Å². The van der Waals surface area contributed by atoms with Crippen LogP contribution in [0, 0.1) is 0 Å². The highest BCUT2D eigenvalue weighted by Gasteiger charge is 2.28. The van der Waals surface area contributed by atoms with Crippen molar-refractivity contribution < 1.29 is 9.53 Å². The number of rotatable bonds is 6. The van der Waals surface area contributed by atoms with E-state index >= 15 is 0 Å².